The van der Waals surface area contributed by atoms with Crippen LogP contribution in [0, 0.1) is 0 Å². The fraction of sp³-hybridized carbons (Fsp3) is 0.667. The van der Waals surface area contributed by atoms with Gasteiger partial charge in [-0.15, -0.1) is 0 Å². The van der Waals surface area contributed by atoms with Crippen molar-refractivity contribution in [3.63, 3.8) is 0 Å². The van der Waals surface area contributed by atoms with Gasteiger partial charge < -0.3 is 25.8 Å². The highest BCUT2D eigenvalue weighted by molar-refractivity contribution is 7.92. The van der Waals surface area contributed by atoms with Gasteiger partial charge in [-0.3, -0.25) is 4.57 Å². The summed E-state index contributed by atoms with van der Waals surface area (Å²) in [6.45, 7) is 1.26. The summed E-state index contributed by atoms with van der Waals surface area (Å²) in [4.78, 5) is 11.9. The molecule has 0 bridgehead atoms. The quantitative estimate of drug-likeness (QED) is 0.410. The van der Waals surface area contributed by atoms with Crippen LogP contribution in [0.4, 0.5) is 5.82 Å². The molecule has 1 aliphatic rings. The van der Waals surface area contributed by atoms with Crippen molar-refractivity contribution >= 4 is 26.8 Å². The normalized spacial score (nSPS) is 28.8. The van der Waals surface area contributed by atoms with Gasteiger partial charge >= 0.3 is 0 Å². The van der Waals surface area contributed by atoms with E-state index in [0.29, 0.717) is 12.8 Å². The number of hydrogen-bond acceptors (Lipinski definition) is 10. The van der Waals surface area contributed by atoms with Gasteiger partial charge in [0.15, 0.2) is 11.5 Å². The summed E-state index contributed by atoms with van der Waals surface area (Å²) in [6.07, 6.45) is -0.708. The number of unbranched alkanes of at least 4 members (excludes halogenated alkanes) is 2. The van der Waals surface area contributed by atoms with Crippen LogP contribution in [-0.4, -0.2) is 73.9 Å². The van der Waals surface area contributed by atoms with Crippen molar-refractivity contribution in [1.29, 1.82) is 0 Å². The fourth-order valence-electron chi connectivity index (χ4n) is 3.30. The van der Waals surface area contributed by atoms with Gasteiger partial charge in [0.25, 0.3) is 5.06 Å². The van der Waals surface area contributed by atoms with Gasteiger partial charge in [0.2, 0.25) is 9.84 Å². The summed E-state index contributed by atoms with van der Waals surface area (Å²) >= 11 is 0. The van der Waals surface area contributed by atoms with E-state index in [4.69, 9.17) is 10.5 Å². The number of rotatable bonds is 7. The second-order valence-electron chi connectivity index (χ2n) is 6.48. The highest BCUT2D eigenvalue weighted by atomic mass is 32.2. The first-order valence-corrected chi connectivity index (χ1v) is 10.3. The number of anilines is 1. The summed E-state index contributed by atoms with van der Waals surface area (Å²) < 4.78 is 33.2. The summed E-state index contributed by atoms with van der Waals surface area (Å²) in [7, 11) is -4.17. The molecule has 0 aliphatic carbocycles. The van der Waals surface area contributed by atoms with E-state index in [-0.39, 0.29) is 22.7 Å². The second-order valence-corrected chi connectivity index (χ2v) is 8.70. The lowest BCUT2D eigenvalue weighted by Gasteiger charge is -2.33. The number of aliphatic hydroxyl groups excluding tert-OH is 3. The van der Waals surface area contributed by atoms with Gasteiger partial charge in [-0.25, -0.2) is 23.4 Å². The molecule has 11 nitrogen and oxygen atoms in total. The van der Waals surface area contributed by atoms with Crippen molar-refractivity contribution in [3.8, 4) is 0 Å². The molecule has 3 rings (SSSR count). The molecule has 27 heavy (non-hydrogen) atoms. The third kappa shape index (κ3) is 2.97. The number of nitrogen functional groups attached to an aromatic ring is 1. The zero-order valence-electron chi connectivity index (χ0n) is 14.8. The SMILES string of the molecule is CCCCCS(=O)(=O)[C@@]1(n2cnc3c(N)ncnc32)O[C@H](CO)[C@@H](O)[C@H]1O. The molecule has 2 aromatic heterocycles. The molecule has 1 saturated heterocycles. The van der Waals surface area contributed by atoms with E-state index in [9.17, 15) is 23.7 Å². The van der Waals surface area contributed by atoms with Crippen LogP contribution in [-0.2, 0) is 19.6 Å². The lowest BCUT2D eigenvalue weighted by Crippen LogP contribution is -2.52. The molecule has 5 N–H and O–H groups in total. The van der Waals surface area contributed by atoms with E-state index in [1.165, 1.54) is 0 Å². The first kappa shape index (κ1) is 19.9. The highest BCUT2D eigenvalue weighted by Gasteiger charge is 2.63. The topological polar surface area (TPSA) is 174 Å². The number of nitrogens with zero attached hydrogens (tertiary/aromatic N) is 4. The smallest absolute Gasteiger partial charge is 0.281 e. The summed E-state index contributed by atoms with van der Waals surface area (Å²) in [5, 5.41) is 28.1. The zero-order valence-corrected chi connectivity index (χ0v) is 15.6. The Kier molecular flexibility index (Phi) is 5.36. The average Bonchev–Trinajstić information content (AvgIpc) is 3.17. The van der Waals surface area contributed by atoms with Crippen LogP contribution < -0.4 is 5.73 Å². The van der Waals surface area contributed by atoms with Gasteiger partial charge in [0, 0.05) is 0 Å². The Bertz CT molecular complexity index is 919. The predicted molar refractivity (Wildman–Crippen MR) is 95.0 cm³/mol. The lowest BCUT2D eigenvalue weighted by molar-refractivity contribution is -0.0842. The average molecular weight is 401 g/mol. The maximum absolute atomic E-state index is 13.3. The van der Waals surface area contributed by atoms with Crippen molar-refractivity contribution in [2.45, 2.75) is 49.6 Å². The molecular weight excluding hydrogens is 378 g/mol. The highest BCUT2D eigenvalue weighted by Crippen LogP contribution is 2.42. The number of sulfone groups is 1. The largest absolute Gasteiger partial charge is 0.394 e. The minimum atomic E-state index is -4.17. The molecule has 1 aliphatic heterocycles. The van der Waals surface area contributed by atoms with Crippen molar-refractivity contribution in [2.75, 3.05) is 18.1 Å². The van der Waals surface area contributed by atoms with E-state index >= 15 is 0 Å². The molecule has 0 radical (unpaired) electrons. The number of aromatic nitrogens is 4. The molecule has 12 heteroatoms. The van der Waals surface area contributed by atoms with Crippen molar-refractivity contribution in [2.24, 2.45) is 0 Å². The molecule has 1 fully saturated rings. The number of fused-ring (bicyclic) bond motifs is 1. The number of nitrogens with two attached hydrogens (primary N) is 1. The Morgan fingerprint density at radius 1 is 1.30 bits per heavy atom. The van der Waals surface area contributed by atoms with Gasteiger partial charge in [-0.1, -0.05) is 19.8 Å². The molecule has 2 aromatic rings. The molecule has 4 atom stereocenters. The maximum atomic E-state index is 13.3. The second kappa shape index (κ2) is 7.28. The van der Waals surface area contributed by atoms with E-state index < -0.39 is 39.8 Å². The molecule has 3 heterocycles. The summed E-state index contributed by atoms with van der Waals surface area (Å²) in [5.41, 5.74) is 5.94. The molecule has 0 spiro atoms. The molecule has 0 aromatic carbocycles. The van der Waals surface area contributed by atoms with E-state index in [1.54, 1.807) is 0 Å². The number of aliphatic hydroxyl groups is 3. The van der Waals surface area contributed by atoms with E-state index in [0.717, 1.165) is 23.6 Å². The van der Waals surface area contributed by atoms with Gasteiger partial charge in [0.1, 0.15) is 36.5 Å². The molecular formula is C15H23N5O6S. The monoisotopic (exact) mass is 401 g/mol. The van der Waals surface area contributed by atoms with Crippen LogP contribution in [0.5, 0.6) is 0 Å². The van der Waals surface area contributed by atoms with Gasteiger partial charge in [0.05, 0.1) is 12.4 Å². The summed E-state index contributed by atoms with van der Waals surface area (Å²) in [5.74, 6) is -0.257. The standard InChI is InChI=1S/C15H23N5O6S/c1-2-3-4-5-27(24,25)15(12(23)11(22)9(6-21)26-15)20-8-19-10-13(16)17-7-18-14(10)20/h7-9,11-12,21-23H,2-6H2,1H3,(H2,16,17,18)/t9-,11-,12-,15+/m1/s1. The molecule has 0 amide bonds. The van der Waals surface area contributed by atoms with E-state index in [2.05, 4.69) is 15.0 Å². The van der Waals surface area contributed by atoms with Gasteiger partial charge in [-0.05, 0) is 6.42 Å². The Morgan fingerprint density at radius 3 is 2.67 bits per heavy atom. The predicted octanol–water partition coefficient (Wildman–Crippen LogP) is -1.26. The number of hydrogen-bond donors (Lipinski definition) is 4. The minimum Gasteiger partial charge on any atom is -0.394 e. The minimum absolute atomic E-state index is 0.0315. The summed E-state index contributed by atoms with van der Waals surface area (Å²) in [6, 6.07) is 0. The Morgan fingerprint density at radius 2 is 2.04 bits per heavy atom. The third-order valence-electron chi connectivity index (χ3n) is 4.74. The first-order valence-electron chi connectivity index (χ1n) is 8.61. The Labute approximate surface area is 155 Å². The molecule has 150 valence electrons. The van der Waals surface area contributed by atoms with Crippen LogP contribution >= 0.6 is 0 Å². The van der Waals surface area contributed by atoms with Crippen molar-refractivity contribution < 1.29 is 28.5 Å². The van der Waals surface area contributed by atoms with Crippen molar-refractivity contribution in [1.82, 2.24) is 19.5 Å². The fourth-order valence-corrected chi connectivity index (χ4v) is 5.38. The van der Waals surface area contributed by atoms with Crippen LogP contribution in [0.1, 0.15) is 26.2 Å². The third-order valence-corrected chi connectivity index (χ3v) is 6.99. The first-order chi connectivity index (χ1) is 12.8. The van der Waals surface area contributed by atoms with Crippen LogP contribution in [0.15, 0.2) is 12.7 Å². The van der Waals surface area contributed by atoms with E-state index in [1.807, 2.05) is 6.92 Å². The molecule has 0 unspecified atom stereocenters. The van der Waals surface area contributed by atoms with Crippen molar-refractivity contribution in [3.05, 3.63) is 12.7 Å². The maximum Gasteiger partial charge on any atom is 0.281 e. The Balaban J connectivity index is 2.21. The van der Waals surface area contributed by atoms with Crippen LogP contribution in [0.25, 0.3) is 11.2 Å². The molecule has 0 saturated carbocycles. The zero-order chi connectivity index (χ0) is 19.8. The number of ether oxygens (including phenoxy) is 1. The number of imidazole rings is 1. The van der Waals surface area contributed by atoms with Crippen LogP contribution in [0.3, 0.4) is 0 Å². The Hall–Kier alpha value is -1.86. The van der Waals surface area contributed by atoms with Crippen LogP contribution in [0.2, 0.25) is 0 Å². The van der Waals surface area contributed by atoms with Gasteiger partial charge in [-0.2, -0.15) is 0 Å². The lowest BCUT2D eigenvalue weighted by atomic mass is 10.1.